The molecule has 0 bridgehead atoms. The van der Waals surface area contributed by atoms with Crippen LogP contribution < -0.4 is 8.86 Å². The van der Waals surface area contributed by atoms with Crippen molar-refractivity contribution in [3.63, 3.8) is 0 Å². The van der Waals surface area contributed by atoms with E-state index in [1.807, 2.05) is 6.92 Å². The molecule has 0 aliphatic carbocycles. The van der Waals surface area contributed by atoms with E-state index in [4.69, 9.17) is 14.2 Å². The molecule has 0 amide bonds. The Morgan fingerprint density at radius 2 is 1.44 bits per heavy atom. The van der Waals surface area contributed by atoms with Crippen molar-refractivity contribution in [1.29, 1.82) is 0 Å². The highest BCUT2D eigenvalue weighted by molar-refractivity contribution is 8.09. The van der Waals surface area contributed by atoms with Gasteiger partial charge in [0.25, 0.3) is 10.0 Å². The number of aryl methyl sites for hydroxylation is 2. The molecule has 0 aromatic heterocycles. The third-order valence-corrected chi connectivity index (χ3v) is 10.2. The lowest BCUT2D eigenvalue weighted by molar-refractivity contribution is 0.0597. The Hall–Kier alpha value is -3.67. The van der Waals surface area contributed by atoms with E-state index in [0.29, 0.717) is 17.7 Å². The minimum Gasteiger partial charge on any atom is -0.465 e. The topological polar surface area (TPSA) is 125 Å². The highest BCUT2D eigenvalue weighted by atomic mass is 32.3. The zero-order valence-electron chi connectivity index (χ0n) is 23.6. The quantitative estimate of drug-likeness (QED) is 0.156. The molecule has 1 N–H and O–H groups in total. The molecule has 9 nitrogen and oxygen atoms in total. The Bertz CT molecular complexity index is 1610. The summed E-state index contributed by atoms with van der Waals surface area (Å²) in [4.78, 5) is 24.7. The number of sulfonamides is 1. The molecule has 11 heteroatoms. The molecule has 3 aromatic rings. The molecule has 0 aliphatic heterocycles. The lowest BCUT2D eigenvalue weighted by atomic mass is 10.0. The Labute approximate surface area is 242 Å². The van der Waals surface area contributed by atoms with Crippen LogP contribution in [0.1, 0.15) is 64.4 Å². The molecular weight excluding hydrogens is 566 g/mol. The van der Waals surface area contributed by atoms with Gasteiger partial charge >= 0.3 is 11.9 Å². The van der Waals surface area contributed by atoms with Gasteiger partial charge in [0.15, 0.2) is 0 Å². The van der Waals surface area contributed by atoms with Crippen molar-refractivity contribution in [2.75, 3.05) is 14.2 Å². The first-order valence-electron chi connectivity index (χ1n) is 13.0. The van der Waals surface area contributed by atoms with Crippen molar-refractivity contribution in [2.24, 2.45) is 0 Å². The summed E-state index contributed by atoms with van der Waals surface area (Å²) >= 11 is 0. The molecule has 0 spiro atoms. The number of esters is 2. The number of ether oxygens (including phenoxy) is 3. The van der Waals surface area contributed by atoms with E-state index in [0.717, 1.165) is 31.2 Å². The van der Waals surface area contributed by atoms with Crippen molar-refractivity contribution in [3.8, 4) is 11.5 Å². The number of hydrogen-bond acceptors (Lipinski definition) is 8. The van der Waals surface area contributed by atoms with E-state index in [9.17, 15) is 22.2 Å². The number of benzene rings is 3. The highest BCUT2D eigenvalue weighted by Crippen LogP contribution is 2.32. The normalized spacial score (nSPS) is 12.8. The Kier molecular flexibility index (Phi) is 10.7. The zero-order valence-corrected chi connectivity index (χ0v) is 25.2. The summed E-state index contributed by atoms with van der Waals surface area (Å²) in [6, 6.07) is 15.1. The molecule has 0 aliphatic rings. The summed E-state index contributed by atoms with van der Waals surface area (Å²) < 4.78 is 57.5. The minimum atomic E-state index is -4.12. The van der Waals surface area contributed by atoms with Crippen LogP contribution in [0.3, 0.4) is 0 Å². The summed E-state index contributed by atoms with van der Waals surface area (Å²) in [5.41, 5.74) is 1.70. The predicted molar refractivity (Wildman–Crippen MR) is 159 cm³/mol. The van der Waals surface area contributed by atoms with Crippen LogP contribution >= 0.6 is 0 Å². The van der Waals surface area contributed by atoms with Crippen molar-refractivity contribution in [3.05, 3.63) is 82.9 Å². The van der Waals surface area contributed by atoms with Gasteiger partial charge < -0.3 is 14.2 Å². The molecule has 3 rings (SSSR count). The number of methoxy groups -OCH3 is 2. The van der Waals surface area contributed by atoms with Crippen molar-refractivity contribution < 1.29 is 36.4 Å². The van der Waals surface area contributed by atoms with Crippen LogP contribution in [0, 0.1) is 6.92 Å². The number of carbonyl (C=O) groups excluding carboxylic acids is 2. The maximum atomic E-state index is 13.6. The standard InChI is InChI=1S/C30H35NO8S2/c1-6-7-8-9-10-22-19-25(40(5,34)31-41(35,36)24-14-11-21(2)12-15-24)16-18-27(22)39-28-17-13-23(29(32)37-3)20-26(28)30(33)38-4/h11-20H,5-10H2,1-4H3,(H,31,34). The molecule has 3 aromatic carbocycles. The minimum absolute atomic E-state index is 0.0169. The zero-order chi connectivity index (χ0) is 30.2. The van der Waals surface area contributed by atoms with Gasteiger partial charge in [-0.1, -0.05) is 43.9 Å². The van der Waals surface area contributed by atoms with Gasteiger partial charge in [0.2, 0.25) is 0 Å². The van der Waals surface area contributed by atoms with E-state index >= 15 is 0 Å². The molecule has 0 radical (unpaired) electrons. The second-order valence-electron chi connectivity index (χ2n) is 9.45. The number of rotatable bonds is 13. The van der Waals surface area contributed by atoms with Gasteiger partial charge in [-0.05, 0) is 79.7 Å². The van der Waals surface area contributed by atoms with Gasteiger partial charge in [-0.25, -0.2) is 22.2 Å². The van der Waals surface area contributed by atoms with Crippen molar-refractivity contribution in [2.45, 2.75) is 55.7 Å². The average molecular weight is 602 g/mol. The second kappa shape index (κ2) is 13.8. The van der Waals surface area contributed by atoms with Crippen LogP contribution in [-0.4, -0.2) is 44.7 Å². The van der Waals surface area contributed by atoms with Crippen LogP contribution in [0.5, 0.6) is 11.5 Å². The fourth-order valence-corrected chi connectivity index (χ4v) is 7.34. The van der Waals surface area contributed by atoms with Gasteiger partial charge in [-0.3, -0.25) is 0 Å². The predicted octanol–water partition coefficient (Wildman–Crippen LogP) is 5.45. The van der Waals surface area contributed by atoms with Gasteiger partial charge in [0.1, 0.15) is 17.1 Å². The smallest absolute Gasteiger partial charge is 0.341 e. The molecule has 220 valence electrons. The van der Waals surface area contributed by atoms with E-state index in [1.54, 1.807) is 24.3 Å². The van der Waals surface area contributed by atoms with Gasteiger partial charge in [0.05, 0.1) is 34.4 Å². The van der Waals surface area contributed by atoms with Crippen LogP contribution in [0.25, 0.3) is 0 Å². The monoisotopic (exact) mass is 601 g/mol. The van der Waals surface area contributed by atoms with E-state index in [2.05, 4.69) is 16.9 Å². The van der Waals surface area contributed by atoms with E-state index < -0.39 is 31.7 Å². The molecular formula is C30H35NO8S2. The summed E-state index contributed by atoms with van der Waals surface area (Å²) in [5, 5.41) is 0. The molecule has 41 heavy (non-hydrogen) atoms. The third kappa shape index (κ3) is 8.18. The lowest BCUT2D eigenvalue weighted by Crippen LogP contribution is -2.30. The van der Waals surface area contributed by atoms with Crippen LogP contribution in [0.2, 0.25) is 0 Å². The maximum absolute atomic E-state index is 13.6. The van der Waals surface area contributed by atoms with Crippen LogP contribution in [0.15, 0.2) is 70.5 Å². The summed E-state index contributed by atoms with van der Waals surface area (Å²) in [6.45, 7) is 3.93. The maximum Gasteiger partial charge on any atom is 0.341 e. The first kappa shape index (κ1) is 31.9. The van der Waals surface area contributed by atoms with Crippen LogP contribution in [-0.2, 0) is 35.6 Å². The fraction of sp³-hybridized carbons (Fsp3) is 0.300. The van der Waals surface area contributed by atoms with Gasteiger partial charge in [0, 0.05) is 4.90 Å². The number of unbranched alkanes of at least 4 members (excludes halogenated alkanes) is 3. The third-order valence-electron chi connectivity index (χ3n) is 6.31. The fourth-order valence-electron chi connectivity index (χ4n) is 4.04. The summed E-state index contributed by atoms with van der Waals surface area (Å²) in [7, 11) is -5.15. The van der Waals surface area contributed by atoms with Gasteiger partial charge in [-0.2, -0.15) is 0 Å². The van der Waals surface area contributed by atoms with Gasteiger partial charge in [-0.15, -0.1) is 4.13 Å². The average Bonchev–Trinajstić information content (AvgIpc) is 2.95. The Morgan fingerprint density at radius 3 is 2.07 bits per heavy atom. The first-order chi connectivity index (χ1) is 19.4. The summed E-state index contributed by atoms with van der Waals surface area (Å²) in [6.07, 6.45) is 4.34. The SMILES string of the molecule is C=S(=O)(NS(=O)(=O)c1ccc(C)cc1)c1ccc(Oc2ccc(C(=O)OC)cc2C(=O)OC)c(CCCCCC)c1. The lowest BCUT2D eigenvalue weighted by Gasteiger charge is -2.17. The van der Waals surface area contributed by atoms with E-state index in [1.165, 1.54) is 50.6 Å². The summed E-state index contributed by atoms with van der Waals surface area (Å²) in [5.74, 6) is 2.89. The molecule has 0 fully saturated rings. The largest absolute Gasteiger partial charge is 0.465 e. The molecule has 1 unspecified atom stereocenters. The molecule has 0 heterocycles. The van der Waals surface area contributed by atoms with Crippen molar-refractivity contribution in [1.82, 2.24) is 4.13 Å². The molecule has 0 saturated heterocycles. The first-order valence-corrected chi connectivity index (χ1v) is 16.2. The van der Waals surface area contributed by atoms with Crippen molar-refractivity contribution >= 4 is 37.5 Å². The number of nitrogens with one attached hydrogen (secondary N) is 1. The molecule has 1 atom stereocenters. The number of hydrogen-bond donors (Lipinski definition) is 1. The second-order valence-corrected chi connectivity index (χ2v) is 13.4. The number of carbonyl (C=O) groups is 2. The highest BCUT2D eigenvalue weighted by Gasteiger charge is 2.23. The Balaban J connectivity index is 2.00. The van der Waals surface area contributed by atoms with E-state index in [-0.39, 0.29) is 26.7 Å². The van der Waals surface area contributed by atoms with Crippen LogP contribution in [0.4, 0.5) is 0 Å². The Morgan fingerprint density at radius 1 is 0.805 bits per heavy atom. The molecule has 0 saturated carbocycles.